The standard InChI is InChI=1S/C17H18N4O3S/c1-13(16-5-2-3-11-19-16)21-17(22)14-6-8-15(9-7-14)25(23,24)20-12-4-10-18/h2-3,5-9,11,13,20H,4,12H2,1H3,(H,21,22). The number of carbonyl (C=O) groups is 1. The van der Waals surface area contributed by atoms with Crippen LogP contribution in [-0.4, -0.2) is 25.9 Å². The van der Waals surface area contributed by atoms with Crippen LogP contribution in [0.5, 0.6) is 0 Å². The molecule has 0 fully saturated rings. The minimum atomic E-state index is -3.68. The molecule has 2 aromatic rings. The predicted molar refractivity (Wildman–Crippen MR) is 92.0 cm³/mol. The SMILES string of the molecule is CC(NC(=O)c1ccc(S(=O)(=O)NCCC#N)cc1)c1ccccn1. The van der Waals surface area contributed by atoms with Crippen LogP contribution in [0.2, 0.25) is 0 Å². The maximum atomic E-state index is 12.3. The maximum absolute atomic E-state index is 12.3. The van der Waals surface area contributed by atoms with Gasteiger partial charge in [-0.3, -0.25) is 9.78 Å². The van der Waals surface area contributed by atoms with Crippen molar-refractivity contribution in [2.75, 3.05) is 6.54 Å². The molecule has 0 radical (unpaired) electrons. The summed E-state index contributed by atoms with van der Waals surface area (Å²) in [5.41, 5.74) is 1.08. The Bertz CT molecular complexity index is 859. The lowest BCUT2D eigenvalue weighted by molar-refractivity contribution is 0.0939. The summed E-state index contributed by atoms with van der Waals surface area (Å²) in [6.45, 7) is 1.86. The van der Waals surface area contributed by atoms with Gasteiger partial charge in [0.05, 0.1) is 22.7 Å². The molecule has 0 aliphatic carbocycles. The van der Waals surface area contributed by atoms with Crippen molar-refractivity contribution in [2.45, 2.75) is 24.3 Å². The van der Waals surface area contributed by atoms with Crippen LogP contribution in [0.15, 0.2) is 53.6 Å². The Morgan fingerprint density at radius 3 is 2.56 bits per heavy atom. The van der Waals surface area contributed by atoms with Gasteiger partial charge in [0.25, 0.3) is 5.91 Å². The van der Waals surface area contributed by atoms with Gasteiger partial charge in [-0.15, -0.1) is 0 Å². The van der Waals surface area contributed by atoms with Crippen molar-refractivity contribution in [3.63, 3.8) is 0 Å². The highest BCUT2D eigenvalue weighted by molar-refractivity contribution is 7.89. The molecular weight excluding hydrogens is 340 g/mol. The monoisotopic (exact) mass is 358 g/mol. The molecular formula is C17H18N4O3S. The number of nitrogens with zero attached hydrogens (tertiary/aromatic N) is 2. The Balaban J connectivity index is 2.04. The molecule has 1 unspecified atom stereocenters. The molecule has 1 atom stereocenters. The summed E-state index contributed by atoms with van der Waals surface area (Å²) >= 11 is 0. The molecule has 25 heavy (non-hydrogen) atoms. The number of aromatic nitrogens is 1. The van der Waals surface area contributed by atoms with Gasteiger partial charge in [-0.05, 0) is 43.3 Å². The van der Waals surface area contributed by atoms with Crippen molar-refractivity contribution in [2.24, 2.45) is 0 Å². The van der Waals surface area contributed by atoms with Crippen molar-refractivity contribution in [1.82, 2.24) is 15.0 Å². The summed E-state index contributed by atoms with van der Waals surface area (Å²) in [7, 11) is -3.68. The number of hydrogen-bond donors (Lipinski definition) is 2. The first-order chi connectivity index (χ1) is 11.9. The van der Waals surface area contributed by atoms with Crippen molar-refractivity contribution in [1.29, 1.82) is 5.26 Å². The van der Waals surface area contributed by atoms with E-state index in [9.17, 15) is 13.2 Å². The molecule has 1 amide bonds. The first-order valence-electron chi connectivity index (χ1n) is 7.62. The van der Waals surface area contributed by atoms with Crippen molar-refractivity contribution in [3.8, 4) is 6.07 Å². The third-order valence-corrected chi connectivity index (χ3v) is 4.91. The number of sulfonamides is 1. The van der Waals surface area contributed by atoms with Gasteiger partial charge >= 0.3 is 0 Å². The topological polar surface area (TPSA) is 112 Å². The number of amides is 1. The number of hydrogen-bond acceptors (Lipinski definition) is 5. The molecule has 0 saturated carbocycles. The zero-order valence-corrected chi connectivity index (χ0v) is 14.5. The van der Waals surface area contributed by atoms with Gasteiger partial charge in [-0.1, -0.05) is 6.07 Å². The fourth-order valence-electron chi connectivity index (χ4n) is 2.10. The summed E-state index contributed by atoms with van der Waals surface area (Å²) in [5, 5.41) is 11.3. The molecule has 1 aromatic carbocycles. The number of carbonyl (C=O) groups excluding carboxylic acids is 1. The lowest BCUT2D eigenvalue weighted by atomic mass is 10.1. The molecule has 0 aliphatic rings. The Morgan fingerprint density at radius 1 is 1.24 bits per heavy atom. The molecule has 1 aromatic heterocycles. The van der Waals surface area contributed by atoms with Crippen LogP contribution in [-0.2, 0) is 10.0 Å². The van der Waals surface area contributed by atoms with E-state index in [1.54, 1.807) is 12.3 Å². The molecule has 8 heteroatoms. The number of nitriles is 1. The molecule has 0 saturated heterocycles. The van der Waals surface area contributed by atoms with Crippen LogP contribution in [0.25, 0.3) is 0 Å². The highest BCUT2D eigenvalue weighted by Gasteiger charge is 2.16. The van der Waals surface area contributed by atoms with Crippen LogP contribution < -0.4 is 10.0 Å². The van der Waals surface area contributed by atoms with Crippen molar-refractivity contribution in [3.05, 3.63) is 59.9 Å². The normalized spacial score (nSPS) is 12.2. The number of rotatable bonds is 7. The summed E-state index contributed by atoms with van der Waals surface area (Å²) in [6, 6.07) is 12.6. The summed E-state index contributed by atoms with van der Waals surface area (Å²) in [4.78, 5) is 16.5. The summed E-state index contributed by atoms with van der Waals surface area (Å²) in [5.74, 6) is -0.320. The number of nitrogens with one attached hydrogen (secondary N) is 2. The van der Waals surface area contributed by atoms with Crippen LogP contribution in [0.3, 0.4) is 0 Å². The van der Waals surface area contributed by atoms with Gasteiger partial charge in [-0.25, -0.2) is 13.1 Å². The molecule has 2 N–H and O–H groups in total. The lowest BCUT2D eigenvalue weighted by Crippen LogP contribution is -2.27. The average Bonchev–Trinajstić information content (AvgIpc) is 2.62. The molecule has 130 valence electrons. The lowest BCUT2D eigenvalue weighted by Gasteiger charge is -2.13. The Labute approximate surface area is 146 Å². The van der Waals surface area contributed by atoms with Gasteiger partial charge in [0, 0.05) is 24.7 Å². The second kappa shape index (κ2) is 8.37. The van der Waals surface area contributed by atoms with Crippen molar-refractivity contribution >= 4 is 15.9 Å². The smallest absolute Gasteiger partial charge is 0.251 e. The van der Waals surface area contributed by atoms with E-state index in [1.165, 1.54) is 24.3 Å². The van der Waals surface area contributed by atoms with Crippen LogP contribution in [0.4, 0.5) is 0 Å². The van der Waals surface area contributed by atoms with E-state index in [1.807, 2.05) is 25.1 Å². The van der Waals surface area contributed by atoms with E-state index < -0.39 is 10.0 Å². The fraction of sp³-hybridized carbons (Fsp3) is 0.235. The highest BCUT2D eigenvalue weighted by Crippen LogP contribution is 2.13. The minimum Gasteiger partial charge on any atom is -0.344 e. The van der Waals surface area contributed by atoms with Gasteiger partial charge in [-0.2, -0.15) is 5.26 Å². The van der Waals surface area contributed by atoms with E-state index in [-0.39, 0.29) is 29.8 Å². The Hall–Kier alpha value is -2.76. The van der Waals surface area contributed by atoms with E-state index in [0.717, 1.165) is 5.69 Å². The third-order valence-electron chi connectivity index (χ3n) is 3.43. The quantitative estimate of drug-likeness (QED) is 0.733. The molecule has 1 heterocycles. The Morgan fingerprint density at radius 2 is 1.96 bits per heavy atom. The second-order valence-electron chi connectivity index (χ2n) is 5.28. The maximum Gasteiger partial charge on any atom is 0.251 e. The summed E-state index contributed by atoms with van der Waals surface area (Å²) in [6.07, 6.45) is 1.74. The average molecular weight is 358 g/mol. The molecule has 0 spiro atoms. The van der Waals surface area contributed by atoms with E-state index >= 15 is 0 Å². The van der Waals surface area contributed by atoms with Gasteiger partial charge < -0.3 is 5.32 Å². The zero-order chi connectivity index (χ0) is 18.3. The zero-order valence-electron chi connectivity index (χ0n) is 13.6. The van der Waals surface area contributed by atoms with Crippen molar-refractivity contribution < 1.29 is 13.2 Å². The largest absolute Gasteiger partial charge is 0.344 e. The minimum absolute atomic E-state index is 0.0414. The van der Waals surface area contributed by atoms with Gasteiger partial charge in [0.15, 0.2) is 0 Å². The van der Waals surface area contributed by atoms with Crippen LogP contribution in [0.1, 0.15) is 35.4 Å². The highest BCUT2D eigenvalue weighted by atomic mass is 32.2. The van der Waals surface area contributed by atoms with Gasteiger partial charge in [0.2, 0.25) is 10.0 Å². The fourth-order valence-corrected chi connectivity index (χ4v) is 3.13. The molecule has 0 bridgehead atoms. The van der Waals surface area contributed by atoms with Crippen LogP contribution >= 0.6 is 0 Å². The first kappa shape index (κ1) is 18.6. The van der Waals surface area contributed by atoms with Crippen LogP contribution in [0, 0.1) is 11.3 Å². The predicted octanol–water partition coefficient (Wildman–Crippen LogP) is 1.76. The second-order valence-corrected chi connectivity index (χ2v) is 7.05. The van der Waals surface area contributed by atoms with E-state index in [4.69, 9.17) is 5.26 Å². The molecule has 7 nitrogen and oxygen atoms in total. The summed E-state index contributed by atoms with van der Waals surface area (Å²) < 4.78 is 26.4. The number of pyridine rings is 1. The molecule has 2 rings (SSSR count). The third kappa shape index (κ3) is 5.11. The van der Waals surface area contributed by atoms with E-state index in [0.29, 0.717) is 5.56 Å². The van der Waals surface area contributed by atoms with Gasteiger partial charge in [0.1, 0.15) is 0 Å². The Kier molecular flexibility index (Phi) is 6.22. The first-order valence-corrected chi connectivity index (χ1v) is 9.11. The molecule has 0 aliphatic heterocycles. The van der Waals surface area contributed by atoms with E-state index in [2.05, 4.69) is 15.0 Å². The number of benzene rings is 1.